The van der Waals surface area contributed by atoms with Gasteiger partial charge in [0.15, 0.2) is 0 Å². The van der Waals surface area contributed by atoms with Gasteiger partial charge in [-0.25, -0.2) is 0 Å². The maximum Gasteiger partial charge on any atom is 0.220 e. The van der Waals surface area contributed by atoms with Crippen LogP contribution in [0.15, 0.2) is 24.4 Å². The van der Waals surface area contributed by atoms with Gasteiger partial charge in [0.2, 0.25) is 5.91 Å². The van der Waals surface area contributed by atoms with Crippen LogP contribution in [0.1, 0.15) is 12.1 Å². The first-order valence-electron chi connectivity index (χ1n) is 5.55. The number of ether oxygens (including phenoxy) is 1. The summed E-state index contributed by atoms with van der Waals surface area (Å²) >= 11 is 0. The number of pyridine rings is 1. The van der Waals surface area contributed by atoms with Crippen molar-refractivity contribution in [1.29, 1.82) is 0 Å². The zero-order valence-corrected chi connectivity index (χ0v) is 9.93. The maximum absolute atomic E-state index is 11.6. The Morgan fingerprint density at radius 1 is 1.59 bits per heavy atom. The van der Waals surface area contributed by atoms with Gasteiger partial charge in [-0.1, -0.05) is 6.07 Å². The molecule has 0 radical (unpaired) electrons. The summed E-state index contributed by atoms with van der Waals surface area (Å²) < 4.78 is 4.87. The standard InChI is InChI=1S/C12H18N2O3/c1-17-9-11(8-15)14-12(16)6-5-10-4-2-3-7-13-10/h2-4,7,11,15H,5-6,8-9H2,1H3,(H,14,16). The average Bonchev–Trinajstić information content (AvgIpc) is 2.37. The monoisotopic (exact) mass is 238 g/mol. The number of aromatic nitrogens is 1. The summed E-state index contributed by atoms with van der Waals surface area (Å²) in [6, 6.07) is 5.27. The zero-order valence-electron chi connectivity index (χ0n) is 9.93. The number of aliphatic hydroxyl groups is 1. The van der Waals surface area contributed by atoms with E-state index in [9.17, 15) is 4.79 Å². The Morgan fingerprint density at radius 2 is 2.41 bits per heavy atom. The van der Waals surface area contributed by atoms with E-state index in [0.717, 1.165) is 5.69 Å². The quantitative estimate of drug-likeness (QED) is 0.708. The van der Waals surface area contributed by atoms with Crippen molar-refractivity contribution in [1.82, 2.24) is 10.3 Å². The third kappa shape index (κ3) is 5.42. The molecule has 2 N–H and O–H groups in total. The minimum absolute atomic E-state index is 0.105. The molecule has 0 aliphatic carbocycles. The van der Waals surface area contributed by atoms with Crippen molar-refractivity contribution in [3.05, 3.63) is 30.1 Å². The van der Waals surface area contributed by atoms with E-state index in [1.165, 1.54) is 7.11 Å². The second-order valence-corrected chi connectivity index (χ2v) is 3.72. The molecule has 1 atom stereocenters. The summed E-state index contributed by atoms with van der Waals surface area (Å²) in [5.74, 6) is -0.105. The number of nitrogens with one attached hydrogen (secondary N) is 1. The molecule has 17 heavy (non-hydrogen) atoms. The SMILES string of the molecule is COCC(CO)NC(=O)CCc1ccccn1. The van der Waals surface area contributed by atoms with E-state index >= 15 is 0 Å². The van der Waals surface area contributed by atoms with E-state index in [-0.39, 0.29) is 18.6 Å². The van der Waals surface area contributed by atoms with Gasteiger partial charge in [0.05, 0.1) is 19.3 Å². The van der Waals surface area contributed by atoms with Crippen molar-refractivity contribution in [2.24, 2.45) is 0 Å². The Hall–Kier alpha value is -1.46. The Balaban J connectivity index is 2.30. The van der Waals surface area contributed by atoms with E-state index in [2.05, 4.69) is 10.3 Å². The van der Waals surface area contributed by atoms with E-state index < -0.39 is 0 Å². The molecule has 1 amide bonds. The number of hydrogen-bond acceptors (Lipinski definition) is 4. The van der Waals surface area contributed by atoms with E-state index in [1.807, 2.05) is 18.2 Å². The number of carbonyl (C=O) groups excluding carboxylic acids is 1. The molecule has 1 heterocycles. The van der Waals surface area contributed by atoms with Gasteiger partial charge in [-0.05, 0) is 18.6 Å². The number of hydrogen-bond donors (Lipinski definition) is 2. The van der Waals surface area contributed by atoms with Crippen LogP contribution in [0.2, 0.25) is 0 Å². The number of carbonyl (C=O) groups is 1. The second kappa shape index (κ2) is 7.76. The van der Waals surface area contributed by atoms with Crippen molar-refractivity contribution in [3.8, 4) is 0 Å². The van der Waals surface area contributed by atoms with Crippen LogP contribution in [0.4, 0.5) is 0 Å². The molecule has 0 aliphatic rings. The van der Waals surface area contributed by atoms with E-state index in [0.29, 0.717) is 19.4 Å². The predicted molar refractivity (Wildman–Crippen MR) is 63.5 cm³/mol. The first-order valence-corrected chi connectivity index (χ1v) is 5.55. The van der Waals surface area contributed by atoms with Crippen molar-refractivity contribution in [2.75, 3.05) is 20.3 Å². The molecule has 0 saturated carbocycles. The van der Waals surface area contributed by atoms with Gasteiger partial charge in [0, 0.05) is 25.4 Å². The molecule has 1 aromatic rings. The van der Waals surface area contributed by atoms with Crippen LogP contribution in [0, 0.1) is 0 Å². The molecular weight excluding hydrogens is 220 g/mol. The fourth-order valence-corrected chi connectivity index (χ4v) is 1.43. The highest BCUT2D eigenvalue weighted by Crippen LogP contribution is 1.98. The van der Waals surface area contributed by atoms with Crippen LogP contribution in [-0.2, 0) is 16.0 Å². The van der Waals surface area contributed by atoms with Crippen molar-refractivity contribution in [3.63, 3.8) is 0 Å². The zero-order chi connectivity index (χ0) is 12.5. The Morgan fingerprint density at radius 3 is 3.00 bits per heavy atom. The third-order valence-corrected chi connectivity index (χ3v) is 2.29. The molecule has 0 fully saturated rings. The van der Waals surface area contributed by atoms with Gasteiger partial charge >= 0.3 is 0 Å². The van der Waals surface area contributed by atoms with Gasteiger partial charge in [-0.15, -0.1) is 0 Å². The van der Waals surface area contributed by atoms with Gasteiger partial charge in [0.25, 0.3) is 0 Å². The molecule has 0 bridgehead atoms. The van der Waals surface area contributed by atoms with E-state index in [1.54, 1.807) is 6.20 Å². The fraction of sp³-hybridized carbons (Fsp3) is 0.500. The Labute approximate surface area is 101 Å². The van der Waals surface area contributed by atoms with Crippen molar-refractivity contribution in [2.45, 2.75) is 18.9 Å². The summed E-state index contributed by atoms with van der Waals surface area (Å²) in [5.41, 5.74) is 0.884. The minimum Gasteiger partial charge on any atom is -0.394 e. The molecule has 1 unspecified atom stereocenters. The molecule has 1 aromatic heterocycles. The predicted octanol–water partition coefficient (Wildman–Crippen LogP) is 0.138. The lowest BCUT2D eigenvalue weighted by Gasteiger charge is -2.14. The lowest BCUT2D eigenvalue weighted by Crippen LogP contribution is -2.40. The Kier molecular flexibility index (Phi) is 6.21. The maximum atomic E-state index is 11.6. The van der Waals surface area contributed by atoms with Gasteiger partial charge in [-0.2, -0.15) is 0 Å². The van der Waals surface area contributed by atoms with Crippen LogP contribution in [0.3, 0.4) is 0 Å². The van der Waals surface area contributed by atoms with Gasteiger partial charge < -0.3 is 15.2 Å². The van der Waals surface area contributed by atoms with Crippen LogP contribution in [0.25, 0.3) is 0 Å². The van der Waals surface area contributed by atoms with Gasteiger partial charge in [-0.3, -0.25) is 9.78 Å². The lowest BCUT2D eigenvalue weighted by molar-refractivity contribution is -0.122. The molecular formula is C12H18N2O3. The fourth-order valence-electron chi connectivity index (χ4n) is 1.43. The molecule has 5 heteroatoms. The van der Waals surface area contributed by atoms with Crippen molar-refractivity contribution < 1.29 is 14.6 Å². The summed E-state index contributed by atoms with van der Waals surface area (Å²) in [4.78, 5) is 15.7. The minimum atomic E-state index is -0.337. The number of rotatable bonds is 7. The second-order valence-electron chi connectivity index (χ2n) is 3.72. The molecule has 1 rings (SSSR count). The summed E-state index contributed by atoms with van der Waals surface area (Å²) in [6.07, 6.45) is 2.66. The van der Waals surface area contributed by atoms with Crippen LogP contribution in [0.5, 0.6) is 0 Å². The number of nitrogens with zero attached hydrogens (tertiary/aromatic N) is 1. The first kappa shape index (κ1) is 13.6. The molecule has 0 saturated heterocycles. The highest BCUT2D eigenvalue weighted by atomic mass is 16.5. The smallest absolute Gasteiger partial charge is 0.220 e. The molecule has 94 valence electrons. The molecule has 5 nitrogen and oxygen atoms in total. The van der Waals surface area contributed by atoms with E-state index in [4.69, 9.17) is 9.84 Å². The topological polar surface area (TPSA) is 71.5 Å². The van der Waals surface area contributed by atoms with Gasteiger partial charge in [0.1, 0.15) is 0 Å². The number of methoxy groups -OCH3 is 1. The van der Waals surface area contributed by atoms with Crippen LogP contribution < -0.4 is 5.32 Å². The summed E-state index contributed by atoms with van der Waals surface area (Å²) in [7, 11) is 1.53. The Bertz CT molecular complexity index is 330. The van der Waals surface area contributed by atoms with Crippen molar-refractivity contribution >= 4 is 5.91 Å². The largest absolute Gasteiger partial charge is 0.394 e. The average molecular weight is 238 g/mol. The summed E-state index contributed by atoms with van der Waals surface area (Å²) in [6.45, 7) is 0.189. The normalized spacial score (nSPS) is 12.1. The number of aryl methyl sites for hydroxylation is 1. The highest BCUT2D eigenvalue weighted by Gasteiger charge is 2.10. The highest BCUT2D eigenvalue weighted by molar-refractivity contribution is 5.76. The molecule has 0 aromatic carbocycles. The molecule has 0 spiro atoms. The number of aliphatic hydroxyl groups excluding tert-OH is 1. The van der Waals surface area contributed by atoms with Crippen LogP contribution >= 0.6 is 0 Å². The lowest BCUT2D eigenvalue weighted by atomic mass is 10.2. The third-order valence-electron chi connectivity index (χ3n) is 2.29. The molecule has 0 aliphatic heterocycles. The van der Waals surface area contributed by atoms with Crippen LogP contribution in [-0.4, -0.2) is 42.4 Å². The summed E-state index contributed by atoms with van der Waals surface area (Å²) in [5, 5.41) is 11.7. The first-order chi connectivity index (χ1) is 8.26. The number of amides is 1.